The molecule has 1 unspecified atom stereocenters. The fourth-order valence-corrected chi connectivity index (χ4v) is 1.48. The van der Waals surface area contributed by atoms with Gasteiger partial charge in [-0.05, 0) is 12.1 Å². The number of halogens is 1. The number of rotatable bonds is 3. The van der Waals surface area contributed by atoms with Crippen molar-refractivity contribution in [1.29, 1.82) is 0 Å². The Morgan fingerprint density at radius 1 is 1.53 bits per heavy atom. The summed E-state index contributed by atoms with van der Waals surface area (Å²) in [6.45, 7) is 1.22. The number of aldehydes is 1. The first-order valence-electron chi connectivity index (χ1n) is 4.79. The SMILES string of the molecule is O=Cc1ccc(OC2CCOC2)cc1F. The standard InChI is InChI=1S/C11H11FO3/c12-11-5-9(2-1-8(11)6-13)15-10-3-4-14-7-10/h1-2,5-6,10H,3-4,7H2. The van der Waals surface area contributed by atoms with Crippen LogP contribution in [0.5, 0.6) is 5.75 Å². The smallest absolute Gasteiger partial charge is 0.152 e. The van der Waals surface area contributed by atoms with Gasteiger partial charge in [-0.2, -0.15) is 0 Å². The van der Waals surface area contributed by atoms with E-state index >= 15 is 0 Å². The quantitative estimate of drug-likeness (QED) is 0.714. The minimum absolute atomic E-state index is 0.00789. The third kappa shape index (κ3) is 2.33. The topological polar surface area (TPSA) is 35.5 Å². The van der Waals surface area contributed by atoms with E-state index < -0.39 is 5.82 Å². The molecule has 15 heavy (non-hydrogen) atoms. The Bertz CT molecular complexity index is 359. The van der Waals surface area contributed by atoms with Gasteiger partial charge in [-0.3, -0.25) is 4.79 Å². The molecular weight excluding hydrogens is 199 g/mol. The Kier molecular flexibility index (Phi) is 2.97. The average molecular weight is 210 g/mol. The monoisotopic (exact) mass is 210 g/mol. The van der Waals surface area contributed by atoms with Crippen molar-refractivity contribution in [3.05, 3.63) is 29.6 Å². The van der Waals surface area contributed by atoms with Crippen molar-refractivity contribution in [2.24, 2.45) is 0 Å². The van der Waals surface area contributed by atoms with Gasteiger partial charge in [-0.1, -0.05) is 0 Å². The molecule has 0 aromatic heterocycles. The number of benzene rings is 1. The van der Waals surface area contributed by atoms with Gasteiger partial charge < -0.3 is 9.47 Å². The molecule has 1 aromatic rings. The maximum Gasteiger partial charge on any atom is 0.152 e. The Hall–Kier alpha value is -1.42. The number of carbonyl (C=O) groups excluding carboxylic acids is 1. The lowest BCUT2D eigenvalue weighted by molar-refractivity contribution is 0.111. The van der Waals surface area contributed by atoms with E-state index in [1.807, 2.05) is 0 Å². The molecule has 2 rings (SSSR count). The van der Waals surface area contributed by atoms with E-state index in [2.05, 4.69) is 0 Å². The molecular formula is C11H11FO3. The molecule has 1 aliphatic rings. The first-order chi connectivity index (χ1) is 7.29. The van der Waals surface area contributed by atoms with E-state index in [1.54, 1.807) is 6.07 Å². The van der Waals surface area contributed by atoms with E-state index in [0.29, 0.717) is 25.2 Å². The molecule has 0 N–H and O–H groups in total. The van der Waals surface area contributed by atoms with Gasteiger partial charge in [0, 0.05) is 12.5 Å². The molecule has 1 heterocycles. The second-order valence-corrected chi connectivity index (χ2v) is 3.40. The minimum Gasteiger partial charge on any atom is -0.488 e. The van der Waals surface area contributed by atoms with Gasteiger partial charge in [0.1, 0.15) is 17.7 Å². The average Bonchev–Trinajstić information content (AvgIpc) is 2.71. The zero-order valence-electron chi connectivity index (χ0n) is 8.11. The molecule has 1 aromatic carbocycles. The molecule has 0 aliphatic carbocycles. The van der Waals surface area contributed by atoms with E-state index in [-0.39, 0.29) is 11.7 Å². The van der Waals surface area contributed by atoms with Crippen molar-refractivity contribution < 1.29 is 18.7 Å². The maximum absolute atomic E-state index is 13.2. The fraction of sp³-hybridized carbons (Fsp3) is 0.364. The zero-order valence-corrected chi connectivity index (χ0v) is 8.11. The highest BCUT2D eigenvalue weighted by molar-refractivity contribution is 5.75. The van der Waals surface area contributed by atoms with Gasteiger partial charge in [0.25, 0.3) is 0 Å². The van der Waals surface area contributed by atoms with Crippen LogP contribution in [0.15, 0.2) is 18.2 Å². The molecule has 0 radical (unpaired) electrons. The second-order valence-electron chi connectivity index (χ2n) is 3.40. The molecule has 0 bridgehead atoms. The molecule has 1 atom stereocenters. The van der Waals surface area contributed by atoms with Crippen LogP contribution in [-0.2, 0) is 4.74 Å². The summed E-state index contributed by atoms with van der Waals surface area (Å²) in [6.07, 6.45) is 1.29. The number of hydrogen-bond acceptors (Lipinski definition) is 3. The van der Waals surface area contributed by atoms with Crippen LogP contribution >= 0.6 is 0 Å². The zero-order chi connectivity index (χ0) is 10.7. The van der Waals surface area contributed by atoms with Crippen LogP contribution in [-0.4, -0.2) is 25.6 Å². The molecule has 1 saturated heterocycles. The predicted molar refractivity (Wildman–Crippen MR) is 51.6 cm³/mol. The van der Waals surface area contributed by atoms with Crippen LogP contribution < -0.4 is 4.74 Å². The first-order valence-corrected chi connectivity index (χ1v) is 4.79. The van der Waals surface area contributed by atoms with Crippen LogP contribution in [0, 0.1) is 5.82 Å². The Morgan fingerprint density at radius 3 is 3.00 bits per heavy atom. The van der Waals surface area contributed by atoms with Crippen molar-refractivity contribution in [2.75, 3.05) is 13.2 Å². The van der Waals surface area contributed by atoms with Crippen LogP contribution in [0.2, 0.25) is 0 Å². The Balaban J connectivity index is 2.08. The highest BCUT2D eigenvalue weighted by Crippen LogP contribution is 2.19. The van der Waals surface area contributed by atoms with E-state index in [0.717, 1.165) is 6.42 Å². The molecule has 80 valence electrons. The summed E-state index contributed by atoms with van der Waals surface area (Å²) in [7, 11) is 0. The molecule has 3 nitrogen and oxygen atoms in total. The summed E-state index contributed by atoms with van der Waals surface area (Å²) in [5.74, 6) is -0.116. The van der Waals surface area contributed by atoms with Crippen LogP contribution in [0.4, 0.5) is 4.39 Å². The number of ether oxygens (including phenoxy) is 2. The molecule has 4 heteroatoms. The fourth-order valence-electron chi connectivity index (χ4n) is 1.48. The van der Waals surface area contributed by atoms with Crippen molar-refractivity contribution in [1.82, 2.24) is 0 Å². The highest BCUT2D eigenvalue weighted by atomic mass is 19.1. The first kappa shape index (κ1) is 10.1. The van der Waals surface area contributed by atoms with Crippen LogP contribution in [0.1, 0.15) is 16.8 Å². The largest absolute Gasteiger partial charge is 0.488 e. The molecule has 0 saturated carbocycles. The summed E-state index contributed by atoms with van der Waals surface area (Å²) in [5, 5.41) is 0. The summed E-state index contributed by atoms with van der Waals surface area (Å²) < 4.78 is 23.8. The van der Waals surface area contributed by atoms with Crippen molar-refractivity contribution in [3.8, 4) is 5.75 Å². The minimum atomic E-state index is -0.554. The van der Waals surface area contributed by atoms with E-state index in [1.165, 1.54) is 12.1 Å². The molecule has 1 fully saturated rings. The summed E-state index contributed by atoms with van der Waals surface area (Å²) in [4.78, 5) is 10.4. The lowest BCUT2D eigenvalue weighted by Gasteiger charge is -2.11. The molecule has 0 spiro atoms. The normalized spacial score (nSPS) is 20.2. The number of carbonyl (C=O) groups is 1. The molecule has 1 aliphatic heterocycles. The lowest BCUT2D eigenvalue weighted by Crippen LogP contribution is -2.15. The Labute approximate surface area is 86.8 Å². The van der Waals surface area contributed by atoms with Gasteiger partial charge in [-0.25, -0.2) is 4.39 Å². The molecule has 0 amide bonds. The van der Waals surface area contributed by atoms with Gasteiger partial charge in [0.05, 0.1) is 18.8 Å². The van der Waals surface area contributed by atoms with Crippen LogP contribution in [0.25, 0.3) is 0 Å². The van der Waals surface area contributed by atoms with Crippen molar-refractivity contribution in [3.63, 3.8) is 0 Å². The van der Waals surface area contributed by atoms with Crippen molar-refractivity contribution >= 4 is 6.29 Å². The van der Waals surface area contributed by atoms with Crippen molar-refractivity contribution in [2.45, 2.75) is 12.5 Å². The lowest BCUT2D eigenvalue weighted by atomic mass is 10.2. The summed E-state index contributed by atoms with van der Waals surface area (Å²) in [6, 6.07) is 4.22. The third-order valence-electron chi connectivity index (χ3n) is 2.29. The van der Waals surface area contributed by atoms with Crippen LogP contribution in [0.3, 0.4) is 0 Å². The van der Waals surface area contributed by atoms with Gasteiger partial charge in [-0.15, -0.1) is 0 Å². The summed E-state index contributed by atoms with van der Waals surface area (Å²) in [5.41, 5.74) is 0.0463. The maximum atomic E-state index is 13.2. The van der Waals surface area contributed by atoms with Gasteiger partial charge in [0.15, 0.2) is 6.29 Å². The van der Waals surface area contributed by atoms with Gasteiger partial charge in [0.2, 0.25) is 0 Å². The van der Waals surface area contributed by atoms with E-state index in [9.17, 15) is 9.18 Å². The number of hydrogen-bond donors (Lipinski definition) is 0. The second kappa shape index (κ2) is 4.40. The van der Waals surface area contributed by atoms with E-state index in [4.69, 9.17) is 9.47 Å². The van der Waals surface area contributed by atoms with Gasteiger partial charge >= 0.3 is 0 Å². The Morgan fingerprint density at radius 2 is 2.40 bits per heavy atom. The predicted octanol–water partition coefficient (Wildman–Crippen LogP) is 1.81. The summed E-state index contributed by atoms with van der Waals surface area (Å²) >= 11 is 0. The highest BCUT2D eigenvalue weighted by Gasteiger charge is 2.17. The third-order valence-corrected chi connectivity index (χ3v) is 2.29.